The van der Waals surface area contributed by atoms with Crippen molar-refractivity contribution in [3.8, 4) is 22.6 Å². The molecule has 0 saturated heterocycles. The Morgan fingerprint density at radius 1 is 0.656 bits per heavy atom. The SMILES string of the molecule is CCCCCCCCOc1ccc(OC(=O)c2ccc(-c3ccc(CC)cc3)cc2)cc1. The second kappa shape index (κ2) is 12.7. The lowest BCUT2D eigenvalue weighted by Gasteiger charge is -2.08. The van der Waals surface area contributed by atoms with Gasteiger partial charge in [-0.3, -0.25) is 0 Å². The smallest absolute Gasteiger partial charge is 0.343 e. The zero-order valence-electron chi connectivity index (χ0n) is 19.3. The van der Waals surface area contributed by atoms with Gasteiger partial charge in [0.05, 0.1) is 12.2 Å². The van der Waals surface area contributed by atoms with Crippen LogP contribution in [0.1, 0.15) is 68.3 Å². The van der Waals surface area contributed by atoms with Gasteiger partial charge in [0.25, 0.3) is 0 Å². The summed E-state index contributed by atoms with van der Waals surface area (Å²) in [6.07, 6.45) is 8.48. The third kappa shape index (κ3) is 7.26. The number of unbranched alkanes of at least 4 members (excludes halogenated alkanes) is 5. The number of esters is 1. The first-order chi connectivity index (χ1) is 15.7. The van der Waals surface area contributed by atoms with Gasteiger partial charge in [0.15, 0.2) is 0 Å². The van der Waals surface area contributed by atoms with Crippen LogP contribution in [0.2, 0.25) is 0 Å². The third-order valence-corrected chi connectivity index (χ3v) is 5.62. The van der Waals surface area contributed by atoms with E-state index in [9.17, 15) is 4.79 Å². The topological polar surface area (TPSA) is 35.5 Å². The molecule has 0 saturated carbocycles. The largest absolute Gasteiger partial charge is 0.494 e. The van der Waals surface area contributed by atoms with E-state index in [0.29, 0.717) is 11.3 Å². The van der Waals surface area contributed by atoms with Gasteiger partial charge in [-0.15, -0.1) is 0 Å². The van der Waals surface area contributed by atoms with E-state index in [1.165, 1.54) is 37.7 Å². The van der Waals surface area contributed by atoms with Crippen molar-refractivity contribution in [2.24, 2.45) is 0 Å². The highest BCUT2D eigenvalue weighted by Gasteiger charge is 2.09. The fraction of sp³-hybridized carbons (Fsp3) is 0.345. The van der Waals surface area contributed by atoms with Crippen LogP contribution >= 0.6 is 0 Å². The molecule has 0 aliphatic rings. The van der Waals surface area contributed by atoms with Crippen LogP contribution in [0, 0.1) is 0 Å². The maximum absolute atomic E-state index is 12.5. The summed E-state index contributed by atoms with van der Waals surface area (Å²) >= 11 is 0. The average Bonchev–Trinajstić information content (AvgIpc) is 2.84. The number of carbonyl (C=O) groups is 1. The first kappa shape index (κ1) is 23.6. The molecule has 0 aliphatic heterocycles. The van der Waals surface area contributed by atoms with E-state index >= 15 is 0 Å². The molecule has 0 fully saturated rings. The van der Waals surface area contributed by atoms with Crippen molar-refractivity contribution in [3.63, 3.8) is 0 Å². The standard InChI is InChI=1S/C29H34O3/c1-3-5-6-7-8-9-22-31-27-18-20-28(21-19-27)32-29(30)26-16-14-25(15-17-26)24-12-10-23(4-2)11-13-24/h10-21H,3-9,22H2,1-2H3. The summed E-state index contributed by atoms with van der Waals surface area (Å²) < 4.78 is 11.3. The number of ether oxygens (including phenoxy) is 2. The van der Waals surface area contributed by atoms with Gasteiger partial charge in [-0.05, 0) is 65.9 Å². The molecule has 3 aromatic rings. The third-order valence-electron chi connectivity index (χ3n) is 5.62. The van der Waals surface area contributed by atoms with E-state index < -0.39 is 0 Å². The van der Waals surface area contributed by atoms with Crippen molar-refractivity contribution in [1.82, 2.24) is 0 Å². The Bertz CT molecular complexity index is 941. The monoisotopic (exact) mass is 430 g/mol. The van der Waals surface area contributed by atoms with Crippen LogP contribution in [0.15, 0.2) is 72.8 Å². The van der Waals surface area contributed by atoms with E-state index in [1.54, 1.807) is 12.1 Å². The minimum Gasteiger partial charge on any atom is -0.494 e. The summed E-state index contributed by atoms with van der Waals surface area (Å²) in [6, 6.07) is 23.3. The molecule has 3 aromatic carbocycles. The molecule has 32 heavy (non-hydrogen) atoms. The lowest BCUT2D eigenvalue weighted by atomic mass is 10.0. The van der Waals surface area contributed by atoms with Crippen molar-refractivity contribution < 1.29 is 14.3 Å². The van der Waals surface area contributed by atoms with Crippen molar-refractivity contribution in [1.29, 1.82) is 0 Å². The summed E-state index contributed by atoms with van der Waals surface area (Å²) in [6.45, 7) is 5.10. The molecular formula is C29H34O3. The molecule has 0 amide bonds. The maximum Gasteiger partial charge on any atom is 0.343 e. The van der Waals surface area contributed by atoms with Crippen LogP contribution in [0.3, 0.4) is 0 Å². The van der Waals surface area contributed by atoms with Gasteiger partial charge in [-0.1, -0.05) is 82.3 Å². The average molecular weight is 431 g/mol. The number of hydrogen-bond acceptors (Lipinski definition) is 3. The minimum absolute atomic E-state index is 0.362. The molecule has 3 heteroatoms. The lowest BCUT2D eigenvalue weighted by molar-refractivity contribution is 0.0734. The normalized spacial score (nSPS) is 10.7. The maximum atomic E-state index is 12.5. The Balaban J connectivity index is 1.46. The zero-order chi connectivity index (χ0) is 22.6. The summed E-state index contributed by atoms with van der Waals surface area (Å²) in [5, 5.41) is 0. The summed E-state index contributed by atoms with van der Waals surface area (Å²) in [4.78, 5) is 12.5. The first-order valence-electron chi connectivity index (χ1n) is 11.8. The van der Waals surface area contributed by atoms with Gasteiger partial charge < -0.3 is 9.47 Å². The summed E-state index contributed by atoms with van der Waals surface area (Å²) in [5.41, 5.74) is 4.06. The van der Waals surface area contributed by atoms with Crippen molar-refractivity contribution in [2.45, 2.75) is 58.8 Å². The Morgan fingerprint density at radius 3 is 1.84 bits per heavy atom. The molecule has 0 unspecified atom stereocenters. The number of benzene rings is 3. The highest BCUT2D eigenvalue weighted by atomic mass is 16.5. The van der Waals surface area contributed by atoms with Crippen LogP contribution in [0.5, 0.6) is 11.5 Å². The molecule has 0 aliphatic carbocycles. The summed E-state index contributed by atoms with van der Waals surface area (Å²) in [5.74, 6) is 0.955. The molecule has 3 rings (SSSR count). The number of rotatable bonds is 12. The molecular weight excluding hydrogens is 396 g/mol. The Kier molecular flexibility index (Phi) is 9.37. The van der Waals surface area contributed by atoms with E-state index in [0.717, 1.165) is 36.3 Å². The molecule has 0 radical (unpaired) electrons. The molecule has 3 nitrogen and oxygen atoms in total. The lowest BCUT2D eigenvalue weighted by Crippen LogP contribution is -2.08. The van der Waals surface area contributed by atoms with E-state index in [2.05, 4.69) is 38.1 Å². The van der Waals surface area contributed by atoms with Gasteiger partial charge in [0.1, 0.15) is 11.5 Å². The van der Waals surface area contributed by atoms with Crippen molar-refractivity contribution in [3.05, 3.63) is 83.9 Å². The molecule has 0 heterocycles. The fourth-order valence-corrected chi connectivity index (χ4v) is 3.57. The molecule has 0 aromatic heterocycles. The second-order valence-electron chi connectivity index (χ2n) is 8.10. The van der Waals surface area contributed by atoms with Gasteiger partial charge in [0.2, 0.25) is 0 Å². The van der Waals surface area contributed by atoms with Gasteiger partial charge in [-0.25, -0.2) is 4.79 Å². The Labute approximate surface area is 192 Å². The van der Waals surface area contributed by atoms with Crippen molar-refractivity contribution in [2.75, 3.05) is 6.61 Å². The zero-order valence-corrected chi connectivity index (χ0v) is 19.3. The number of aryl methyl sites for hydroxylation is 1. The second-order valence-corrected chi connectivity index (χ2v) is 8.10. The Hall–Kier alpha value is -3.07. The van der Waals surface area contributed by atoms with E-state index in [4.69, 9.17) is 9.47 Å². The predicted molar refractivity (Wildman–Crippen MR) is 132 cm³/mol. The highest BCUT2D eigenvalue weighted by Crippen LogP contribution is 2.22. The van der Waals surface area contributed by atoms with Crippen LogP contribution in [0.4, 0.5) is 0 Å². The molecule has 0 N–H and O–H groups in total. The van der Waals surface area contributed by atoms with Crippen LogP contribution in [0.25, 0.3) is 11.1 Å². The van der Waals surface area contributed by atoms with Crippen LogP contribution < -0.4 is 9.47 Å². The molecule has 0 atom stereocenters. The molecule has 168 valence electrons. The predicted octanol–water partition coefficient (Wildman–Crippen LogP) is 7.87. The van der Waals surface area contributed by atoms with Crippen molar-refractivity contribution >= 4 is 5.97 Å². The van der Waals surface area contributed by atoms with Crippen LogP contribution in [-0.2, 0) is 6.42 Å². The van der Waals surface area contributed by atoms with E-state index in [-0.39, 0.29) is 5.97 Å². The first-order valence-corrected chi connectivity index (χ1v) is 11.8. The van der Waals surface area contributed by atoms with Gasteiger partial charge >= 0.3 is 5.97 Å². The number of carbonyl (C=O) groups excluding carboxylic acids is 1. The van der Waals surface area contributed by atoms with E-state index in [1.807, 2.05) is 36.4 Å². The minimum atomic E-state index is -0.362. The molecule has 0 spiro atoms. The van der Waals surface area contributed by atoms with Gasteiger partial charge in [0, 0.05) is 0 Å². The van der Waals surface area contributed by atoms with Gasteiger partial charge in [-0.2, -0.15) is 0 Å². The van der Waals surface area contributed by atoms with Crippen LogP contribution in [-0.4, -0.2) is 12.6 Å². The Morgan fingerprint density at radius 2 is 1.22 bits per heavy atom. The highest BCUT2D eigenvalue weighted by molar-refractivity contribution is 5.91. The number of hydrogen-bond donors (Lipinski definition) is 0. The fourth-order valence-electron chi connectivity index (χ4n) is 3.57. The quantitative estimate of drug-likeness (QED) is 0.167. The molecule has 0 bridgehead atoms. The summed E-state index contributed by atoms with van der Waals surface area (Å²) in [7, 11) is 0.